The van der Waals surface area contributed by atoms with Crippen molar-refractivity contribution in [2.75, 3.05) is 20.1 Å². The van der Waals surface area contributed by atoms with Crippen molar-refractivity contribution >= 4 is 5.91 Å². The minimum Gasteiger partial charge on any atom is -0.358 e. The van der Waals surface area contributed by atoms with Gasteiger partial charge in [0.1, 0.15) is 0 Å². The van der Waals surface area contributed by atoms with Crippen LogP contribution in [0.4, 0.5) is 0 Å². The monoisotopic (exact) mass is 213 g/mol. The lowest BCUT2D eigenvalue weighted by atomic mass is 10.1. The number of hydrogen-bond donors (Lipinski definition) is 3. The molecule has 0 aromatic rings. The van der Waals surface area contributed by atoms with E-state index in [9.17, 15) is 4.79 Å². The lowest BCUT2D eigenvalue weighted by molar-refractivity contribution is -0.122. The number of amides is 1. The van der Waals surface area contributed by atoms with E-state index in [1.807, 2.05) is 0 Å². The minimum atomic E-state index is 0.0335. The maximum Gasteiger partial charge on any atom is 0.236 e. The maximum atomic E-state index is 11.3. The van der Waals surface area contributed by atoms with Crippen LogP contribution in [0.3, 0.4) is 0 Å². The third-order valence-electron chi connectivity index (χ3n) is 2.90. The zero-order valence-corrected chi connectivity index (χ0v) is 9.81. The molecule has 4 heteroatoms. The van der Waals surface area contributed by atoms with Gasteiger partial charge in [0.05, 0.1) is 6.04 Å². The van der Waals surface area contributed by atoms with Crippen molar-refractivity contribution in [2.45, 2.75) is 44.7 Å². The summed E-state index contributed by atoms with van der Waals surface area (Å²) in [7, 11) is 1.69. The second-order valence-corrected chi connectivity index (χ2v) is 4.15. The number of rotatable bonds is 6. The van der Waals surface area contributed by atoms with Crippen LogP contribution in [0.5, 0.6) is 0 Å². The highest BCUT2D eigenvalue weighted by Gasteiger charge is 2.27. The van der Waals surface area contributed by atoms with Gasteiger partial charge in [0.15, 0.2) is 0 Å². The Bertz CT molecular complexity index is 196. The van der Waals surface area contributed by atoms with Gasteiger partial charge in [-0.05, 0) is 38.8 Å². The predicted molar refractivity (Wildman–Crippen MR) is 61.8 cm³/mol. The first-order valence-electron chi connectivity index (χ1n) is 5.96. The molecular formula is C11H23N3O. The molecule has 1 saturated heterocycles. The topological polar surface area (TPSA) is 53.2 Å². The van der Waals surface area contributed by atoms with Crippen LogP contribution >= 0.6 is 0 Å². The summed E-state index contributed by atoms with van der Waals surface area (Å²) in [6.07, 6.45) is 4.39. The Labute approximate surface area is 92.2 Å². The second kappa shape index (κ2) is 6.80. The summed E-state index contributed by atoms with van der Waals surface area (Å²) in [6.45, 7) is 4.31. The Morgan fingerprint density at radius 3 is 2.87 bits per heavy atom. The van der Waals surface area contributed by atoms with Crippen LogP contribution in [-0.2, 0) is 4.79 Å². The van der Waals surface area contributed by atoms with Gasteiger partial charge in [-0.1, -0.05) is 6.92 Å². The van der Waals surface area contributed by atoms with E-state index < -0.39 is 0 Å². The van der Waals surface area contributed by atoms with Crippen molar-refractivity contribution in [3.63, 3.8) is 0 Å². The van der Waals surface area contributed by atoms with E-state index in [0.717, 1.165) is 32.4 Å². The molecule has 3 N–H and O–H groups in total. The van der Waals surface area contributed by atoms with Crippen molar-refractivity contribution in [3.05, 3.63) is 0 Å². The molecule has 0 aliphatic carbocycles. The Morgan fingerprint density at radius 1 is 1.40 bits per heavy atom. The lowest BCUT2D eigenvalue weighted by Crippen LogP contribution is -2.41. The third-order valence-corrected chi connectivity index (χ3v) is 2.90. The molecule has 0 spiro atoms. The van der Waals surface area contributed by atoms with Gasteiger partial charge in [-0.2, -0.15) is 0 Å². The molecule has 0 radical (unpaired) electrons. The highest BCUT2D eigenvalue weighted by molar-refractivity contribution is 5.81. The van der Waals surface area contributed by atoms with Crippen molar-refractivity contribution in [1.29, 1.82) is 0 Å². The molecule has 0 aromatic carbocycles. The molecule has 4 nitrogen and oxygen atoms in total. The van der Waals surface area contributed by atoms with Gasteiger partial charge in [0.25, 0.3) is 0 Å². The summed E-state index contributed by atoms with van der Waals surface area (Å²) in [5.74, 6) is 0.124. The van der Waals surface area contributed by atoms with E-state index in [-0.39, 0.29) is 11.9 Å². The van der Waals surface area contributed by atoms with E-state index in [0.29, 0.717) is 6.04 Å². The van der Waals surface area contributed by atoms with Crippen LogP contribution < -0.4 is 16.0 Å². The van der Waals surface area contributed by atoms with Crippen molar-refractivity contribution in [1.82, 2.24) is 16.0 Å². The standard InChI is InChI=1S/C11H23N3O/c1-3-7-13-8-6-9-4-5-10(14-9)11(15)12-2/h9-10,13-14H,3-8H2,1-2H3,(H,12,15). The summed E-state index contributed by atoms with van der Waals surface area (Å²) in [4.78, 5) is 11.3. The van der Waals surface area contributed by atoms with Gasteiger partial charge >= 0.3 is 0 Å². The molecule has 15 heavy (non-hydrogen) atoms. The number of nitrogens with one attached hydrogen (secondary N) is 3. The predicted octanol–water partition coefficient (Wildman–Crippen LogP) is 0.243. The van der Waals surface area contributed by atoms with Crippen molar-refractivity contribution in [3.8, 4) is 0 Å². The van der Waals surface area contributed by atoms with Gasteiger partial charge in [-0.3, -0.25) is 4.79 Å². The van der Waals surface area contributed by atoms with Crippen LogP contribution in [-0.4, -0.2) is 38.1 Å². The van der Waals surface area contributed by atoms with E-state index >= 15 is 0 Å². The average molecular weight is 213 g/mol. The Hall–Kier alpha value is -0.610. The van der Waals surface area contributed by atoms with Gasteiger partial charge in [-0.15, -0.1) is 0 Å². The second-order valence-electron chi connectivity index (χ2n) is 4.15. The van der Waals surface area contributed by atoms with Gasteiger partial charge in [0.2, 0.25) is 5.91 Å². The Balaban J connectivity index is 2.11. The highest BCUT2D eigenvalue weighted by atomic mass is 16.2. The molecule has 0 aromatic heterocycles. The summed E-state index contributed by atoms with van der Waals surface area (Å²) in [5, 5.41) is 9.43. The molecule has 1 heterocycles. The molecule has 2 unspecified atom stereocenters. The molecular weight excluding hydrogens is 190 g/mol. The lowest BCUT2D eigenvalue weighted by Gasteiger charge is -2.13. The van der Waals surface area contributed by atoms with Gasteiger partial charge in [0, 0.05) is 13.1 Å². The van der Waals surface area contributed by atoms with Crippen LogP contribution in [0.25, 0.3) is 0 Å². The van der Waals surface area contributed by atoms with Crippen molar-refractivity contribution in [2.24, 2.45) is 0 Å². The number of carbonyl (C=O) groups is 1. The summed E-state index contributed by atoms with van der Waals surface area (Å²) < 4.78 is 0. The Kier molecular flexibility index (Phi) is 5.65. The summed E-state index contributed by atoms with van der Waals surface area (Å²) in [6, 6.07) is 0.544. The average Bonchev–Trinajstić information content (AvgIpc) is 2.72. The number of carbonyl (C=O) groups excluding carboxylic acids is 1. The molecule has 1 amide bonds. The first-order valence-corrected chi connectivity index (χ1v) is 5.96. The SMILES string of the molecule is CCCNCCC1CCC(C(=O)NC)N1. The fourth-order valence-electron chi connectivity index (χ4n) is 2.01. The maximum absolute atomic E-state index is 11.3. The number of likely N-dealkylation sites (N-methyl/N-ethyl adjacent to an activating group) is 1. The van der Waals surface area contributed by atoms with Gasteiger partial charge < -0.3 is 16.0 Å². The van der Waals surface area contributed by atoms with Crippen LogP contribution in [0, 0.1) is 0 Å². The van der Waals surface area contributed by atoms with Crippen LogP contribution in [0.2, 0.25) is 0 Å². The summed E-state index contributed by atoms with van der Waals surface area (Å²) in [5.41, 5.74) is 0. The normalized spacial score (nSPS) is 25.5. The fraction of sp³-hybridized carbons (Fsp3) is 0.909. The molecule has 88 valence electrons. The first kappa shape index (κ1) is 12.5. The molecule has 0 saturated carbocycles. The fourth-order valence-corrected chi connectivity index (χ4v) is 2.01. The highest BCUT2D eigenvalue weighted by Crippen LogP contribution is 2.14. The smallest absolute Gasteiger partial charge is 0.236 e. The largest absolute Gasteiger partial charge is 0.358 e. The third kappa shape index (κ3) is 4.18. The van der Waals surface area contributed by atoms with E-state index in [4.69, 9.17) is 0 Å². The summed E-state index contributed by atoms with van der Waals surface area (Å²) >= 11 is 0. The van der Waals surface area contributed by atoms with Gasteiger partial charge in [-0.25, -0.2) is 0 Å². The van der Waals surface area contributed by atoms with E-state index in [1.165, 1.54) is 6.42 Å². The zero-order chi connectivity index (χ0) is 11.1. The minimum absolute atomic E-state index is 0.0335. The number of hydrogen-bond acceptors (Lipinski definition) is 3. The van der Waals surface area contributed by atoms with Crippen LogP contribution in [0.1, 0.15) is 32.6 Å². The quantitative estimate of drug-likeness (QED) is 0.554. The molecule has 2 atom stereocenters. The molecule has 1 rings (SSSR count). The van der Waals surface area contributed by atoms with E-state index in [2.05, 4.69) is 22.9 Å². The first-order chi connectivity index (χ1) is 7.27. The molecule has 1 aliphatic heterocycles. The molecule has 0 bridgehead atoms. The van der Waals surface area contributed by atoms with E-state index in [1.54, 1.807) is 7.05 Å². The Morgan fingerprint density at radius 2 is 2.20 bits per heavy atom. The molecule has 1 fully saturated rings. The molecule has 1 aliphatic rings. The van der Waals surface area contributed by atoms with Crippen molar-refractivity contribution < 1.29 is 4.79 Å². The van der Waals surface area contributed by atoms with Crippen LogP contribution in [0.15, 0.2) is 0 Å². The zero-order valence-electron chi connectivity index (χ0n) is 9.81.